The summed E-state index contributed by atoms with van der Waals surface area (Å²) in [5.41, 5.74) is 0.524. The second-order valence-electron chi connectivity index (χ2n) is 7.31. The highest BCUT2D eigenvalue weighted by atomic mass is 15.3. The molecule has 0 aromatic heterocycles. The van der Waals surface area contributed by atoms with Gasteiger partial charge in [-0.05, 0) is 44.4 Å². The SMILES string of the molecule is CC1CC(NC2CCCC2(C)C)CN1C1CC1. The molecule has 17 heavy (non-hydrogen) atoms. The molecule has 2 heteroatoms. The summed E-state index contributed by atoms with van der Waals surface area (Å²) in [6.45, 7) is 8.60. The van der Waals surface area contributed by atoms with Crippen LogP contribution >= 0.6 is 0 Å². The topological polar surface area (TPSA) is 15.3 Å². The van der Waals surface area contributed by atoms with E-state index in [0.717, 1.165) is 24.2 Å². The van der Waals surface area contributed by atoms with Crippen molar-refractivity contribution in [2.75, 3.05) is 6.54 Å². The van der Waals surface area contributed by atoms with Gasteiger partial charge in [0.25, 0.3) is 0 Å². The van der Waals surface area contributed by atoms with Crippen LogP contribution in [0.4, 0.5) is 0 Å². The summed E-state index contributed by atoms with van der Waals surface area (Å²) in [7, 11) is 0. The monoisotopic (exact) mass is 236 g/mol. The van der Waals surface area contributed by atoms with Crippen LogP contribution in [0, 0.1) is 5.41 Å². The highest BCUT2D eigenvalue weighted by molar-refractivity contribution is 4.99. The van der Waals surface area contributed by atoms with Crippen molar-refractivity contribution < 1.29 is 0 Å². The average molecular weight is 236 g/mol. The lowest BCUT2D eigenvalue weighted by atomic mass is 9.87. The Kier molecular flexibility index (Phi) is 2.99. The maximum absolute atomic E-state index is 3.97. The third-order valence-electron chi connectivity index (χ3n) is 5.33. The molecule has 2 aliphatic carbocycles. The van der Waals surface area contributed by atoms with Gasteiger partial charge in [0.1, 0.15) is 0 Å². The molecule has 2 saturated carbocycles. The number of likely N-dealkylation sites (tertiary alicyclic amines) is 1. The molecule has 3 fully saturated rings. The molecule has 3 atom stereocenters. The van der Waals surface area contributed by atoms with Gasteiger partial charge in [-0.3, -0.25) is 4.90 Å². The Morgan fingerprint density at radius 1 is 1.18 bits per heavy atom. The number of nitrogens with one attached hydrogen (secondary N) is 1. The van der Waals surface area contributed by atoms with Crippen LogP contribution in [0.5, 0.6) is 0 Å². The van der Waals surface area contributed by atoms with E-state index in [1.807, 2.05) is 0 Å². The molecule has 0 spiro atoms. The van der Waals surface area contributed by atoms with Crippen molar-refractivity contribution in [3.8, 4) is 0 Å². The first-order valence-corrected chi connectivity index (χ1v) is 7.58. The van der Waals surface area contributed by atoms with Crippen LogP contribution in [0.2, 0.25) is 0 Å². The van der Waals surface area contributed by atoms with Crippen LogP contribution in [-0.2, 0) is 0 Å². The molecule has 1 heterocycles. The Balaban J connectivity index is 1.56. The molecule has 0 amide bonds. The minimum Gasteiger partial charge on any atom is -0.309 e. The Morgan fingerprint density at radius 3 is 2.53 bits per heavy atom. The summed E-state index contributed by atoms with van der Waals surface area (Å²) in [5.74, 6) is 0. The number of hydrogen-bond acceptors (Lipinski definition) is 2. The van der Waals surface area contributed by atoms with E-state index in [9.17, 15) is 0 Å². The molecule has 1 aliphatic heterocycles. The Bertz CT molecular complexity index is 283. The Morgan fingerprint density at radius 2 is 1.94 bits per heavy atom. The lowest BCUT2D eigenvalue weighted by Gasteiger charge is -2.30. The zero-order valence-corrected chi connectivity index (χ0v) is 11.7. The van der Waals surface area contributed by atoms with Crippen molar-refractivity contribution in [3.63, 3.8) is 0 Å². The first-order valence-electron chi connectivity index (χ1n) is 7.58. The molecule has 0 aromatic carbocycles. The molecule has 0 aromatic rings. The van der Waals surface area contributed by atoms with E-state index < -0.39 is 0 Å². The van der Waals surface area contributed by atoms with E-state index in [2.05, 4.69) is 31.0 Å². The molecule has 98 valence electrons. The molecule has 1 saturated heterocycles. The average Bonchev–Trinajstić information content (AvgIpc) is 2.95. The number of hydrogen-bond donors (Lipinski definition) is 1. The van der Waals surface area contributed by atoms with Crippen molar-refractivity contribution in [1.82, 2.24) is 10.2 Å². The van der Waals surface area contributed by atoms with E-state index in [4.69, 9.17) is 0 Å². The summed E-state index contributed by atoms with van der Waals surface area (Å²) in [4.78, 5) is 2.75. The lowest BCUT2D eigenvalue weighted by molar-refractivity contribution is 0.240. The van der Waals surface area contributed by atoms with Gasteiger partial charge in [0.15, 0.2) is 0 Å². The third kappa shape index (κ3) is 2.39. The van der Waals surface area contributed by atoms with Gasteiger partial charge in [-0.2, -0.15) is 0 Å². The van der Waals surface area contributed by atoms with E-state index in [1.54, 1.807) is 0 Å². The van der Waals surface area contributed by atoms with Gasteiger partial charge in [-0.25, -0.2) is 0 Å². The van der Waals surface area contributed by atoms with Crippen molar-refractivity contribution in [3.05, 3.63) is 0 Å². The van der Waals surface area contributed by atoms with Crippen LogP contribution in [0.15, 0.2) is 0 Å². The summed E-state index contributed by atoms with van der Waals surface area (Å²) in [6, 6.07) is 3.27. The summed E-state index contributed by atoms with van der Waals surface area (Å²) in [5, 5.41) is 3.97. The van der Waals surface area contributed by atoms with Crippen molar-refractivity contribution in [2.45, 2.75) is 83.5 Å². The lowest BCUT2D eigenvalue weighted by Crippen LogP contribution is -2.45. The molecule has 0 bridgehead atoms. The predicted molar refractivity (Wildman–Crippen MR) is 72.2 cm³/mol. The molecular formula is C15H28N2. The van der Waals surface area contributed by atoms with Crippen molar-refractivity contribution in [2.24, 2.45) is 5.41 Å². The van der Waals surface area contributed by atoms with Gasteiger partial charge in [0, 0.05) is 30.7 Å². The van der Waals surface area contributed by atoms with E-state index in [-0.39, 0.29) is 0 Å². The second-order valence-corrected chi connectivity index (χ2v) is 7.31. The molecule has 3 aliphatic rings. The maximum Gasteiger partial charge on any atom is 0.0212 e. The van der Waals surface area contributed by atoms with Crippen molar-refractivity contribution >= 4 is 0 Å². The second kappa shape index (κ2) is 4.24. The van der Waals surface area contributed by atoms with Gasteiger partial charge in [-0.1, -0.05) is 20.3 Å². The summed E-state index contributed by atoms with van der Waals surface area (Å²) < 4.78 is 0. The van der Waals surface area contributed by atoms with Gasteiger partial charge in [-0.15, -0.1) is 0 Å². The molecular weight excluding hydrogens is 208 g/mol. The molecule has 3 unspecified atom stereocenters. The van der Waals surface area contributed by atoms with Crippen LogP contribution in [0.3, 0.4) is 0 Å². The zero-order chi connectivity index (χ0) is 12.0. The fourth-order valence-electron chi connectivity index (χ4n) is 4.01. The first kappa shape index (κ1) is 12.0. The van der Waals surface area contributed by atoms with Gasteiger partial charge in [0.05, 0.1) is 0 Å². The fraction of sp³-hybridized carbons (Fsp3) is 1.00. The minimum atomic E-state index is 0.524. The number of nitrogens with zero attached hydrogens (tertiary/aromatic N) is 1. The van der Waals surface area contributed by atoms with Crippen LogP contribution < -0.4 is 5.32 Å². The summed E-state index contributed by atoms with van der Waals surface area (Å²) >= 11 is 0. The van der Waals surface area contributed by atoms with Gasteiger partial charge >= 0.3 is 0 Å². The minimum absolute atomic E-state index is 0.524. The smallest absolute Gasteiger partial charge is 0.0212 e. The van der Waals surface area contributed by atoms with Crippen molar-refractivity contribution in [1.29, 1.82) is 0 Å². The standard InChI is InChI=1S/C15H28N2/c1-11-9-12(10-17(11)13-6-7-13)16-14-5-4-8-15(14,2)3/h11-14,16H,4-10H2,1-3H3. The van der Waals surface area contributed by atoms with Crippen LogP contribution in [-0.4, -0.2) is 35.6 Å². The molecule has 3 rings (SSSR count). The predicted octanol–water partition coefficient (Wildman–Crippen LogP) is 2.78. The largest absolute Gasteiger partial charge is 0.309 e. The quantitative estimate of drug-likeness (QED) is 0.810. The van der Waals surface area contributed by atoms with Crippen LogP contribution in [0.25, 0.3) is 0 Å². The highest BCUT2D eigenvalue weighted by Gasteiger charge is 2.41. The molecule has 0 radical (unpaired) electrons. The Labute approximate surface area is 106 Å². The molecule has 1 N–H and O–H groups in total. The highest BCUT2D eigenvalue weighted by Crippen LogP contribution is 2.39. The zero-order valence-electron chi connectivity index (χ0n) is 11.7. The fourth-order valence-corrected chi connectivity index (χ4v) is 4.01. The van der Waals surface area contributed by atoms with E-state index in [0.29, 0.717) is 5.41 Å². The number of rotatable bonds is 3. The Hall–Kier alpha value is -0.0800. The normalized spacial score (nSPS) is 42.2. The van der Waals surface area contributed by atoms with Gasteiger partial charge < -0.3 is 5.32 Å². The van der Waals surface area contributed by atoms with Crippen LogP contribution in [0.1, 0.15) is 59.3 Å². The van der Waals surface area contributed by atoms with E-state index >= 15 is 0 Å². The van der Waals surface area contributed by atoms with E-state index in [1.165, 1.54) is 45.1 Å². The first-order chi connectivity index (χ1) is 8.06. The summed E-state index contributed by atoms with van der Waals surface area (Å²) in [6.07, 6.45) is 8.47. The third-order valence-corrected chi connectivity index (χ3v) is 5.33. The maximum atomic E-state index is 3.97. The molecule has 2 nitrogen and oxygen atoms in total. The van der Waals surface area contributed by atoms with Gasteiger partial charge in [0.2, 0.25) is 0 Å².